The molecule has 22 heavy (non-hydrogen) atoms. The predicted octanol–water partition coefficient (Wildman–Crippen LogP) is 2.20. The number of para-hydroxylation sites is 2. The summed E-state index contributed by atoms with van der Waals surface area (Å²) in [5.74, 6) is 0.846. The summed E-state index contributed by atoms with van der Waals surface area (Å²) in [4.78, 5) is 10.1. The zero-order valence-electron chi connectivity index (χ0n) is 12.3. The molecule has 0 amide bonds. The number of nitrogens with zero attached hydrogens (tertiary/aromatic N) is 3. The lowest BCUT2D eigenvalue weighted by Crippen LogP contribution is -2.37. The molecule has 116 valence electrons. The summed E-state index contributed by atoms with van der Waals surface area (Å²) in [6.45, 7) is 2.36. The van der Waals surface area contributed by atoms with Crippen molar-refractivity contribution in [2.75, 3.05) is 43.6 Å². The molecule has 0 unspecified atom stereocenters. The van der Waals surface area contributed by atoms with Gasteiger partial charge in [-0.25, -0.2) is 9.37 Å². The minimum Gasteiger partial charge on any atom is -0.495 e. The Morgan fingerprint density at radius 3 is 2.82 bits per heavy atom. The number of anilines is 3. The maximum atomic E-state index is 14.0. The summed E-state index contributed by atoms with van der Waals surface area (Å²) in [7, 11) is 1.59. The van der Waals surface area contributed by atoms with E-state index in [1.54, 1.807) is 7.11 Å². The molecule has 0 bridgehead atoms. The van der Waals surface area contributed by atoms with Crippen LogP contribution in [0.2, 0.25) is 0 Å². The third-order valence-electron chi connectivity index (χ3n) is 3.39. The second-order valence-corrected chi connectivity index (χ2v) is 4.79. The summed E-state index contributed by atoms with van der Waals surface area (Å²) in [5.41, 5.74) is 0.726. The first-order chi connectivity index (χ1) is 10.8. The minimum absolute atomic E-state index is 0.288. The number of rotatable bonds is 4. The number of hydrogen-bond acceptors (Lipinski definition) is 6. The fraction of sp³-hybridized carbons (Fsp3) is 0.333. The van der Waals surface area contributed by atoms with E-state index in [-0.39, 0.29) is 5.82 Å². The number of morpholine rings is 1. The van der Waals surface area contributed by atoms with Crippen molar-refractivity contribution >= 4 is 17.5 Å². The zero-order chi connectivity index (χ0) is 15.4. The van der Waals surface area contributed by atoms with E-state index >= 15 is 0 Å². The Balaban J connectivity index is 1.85. The van der Waals surface area contributed by atoms with Gasteiger partial charge in [-0.15, -0.1) is 0 Å². The molecule has 1 saturated heterocycles. The van der Waals surface area contributed by atoms with Crippen molar-refractivity contribution in [3.8, 4) is 5.75 Å². The van der Waals surface area contributed by atoms with E-state index in [1.165, 1.54) is 6.20 Å². The first-order valence-electron chi connectivity index (χ1n) is 7.03. The van der Waals surface area contributed by atoms with Crippen LogP contribution in [0.5, 0.6) is 5.75 Å². The quantitative estimate of drug-likeness (QED) is 0.934. The minimum atomic E-state index is -0.438. The Morgan fingerprint density at radius 1 is 1.27 bits per heavy atom. The number of benzene rings is 1. The van der Waals surface area contributed by atoms with Crippen LogP contribution < -0.4 is 15.0 Å². The van der Waals surface area contributed by atoms with Crippen LogP contribution in [-0.4, -0.2) is 43.4 Å². The summed E-state index contributed by atoms with van der Waals surface area (Å²) in [6.07, 6.45) is 1.18. The molecule has 7 heteroatoms. The number of methoxy groups -OCH3 is 1. The van der Waals surface area contributed by atoms with Gasteiger partial charge in [0, 0.05) is 13.1 Å². The van der Waals surface area contributed by atoms with E-state index in [0.29, 0.717) is 38.0 Å². The highest BCUT2D eigenvalue weighted by atomic mass is 19.1. The van der Waals surface area contributed by atoms with Crippen LogP contribution >= 0.6 is 0 Å². The van der Waals surface area contributed by atoms with Crippen molar-refractivity contribution < 1.29 is 13.9 Å². The maximum absolute atomic E-state index is 14.0. The standard InChI is InChI=1S/C15H17FN4O2/c1-21-13-5-3-2-4-12(13)18-15-17-10-11(16)14(19-15)20-6-8-22-9-7-20/h2-5,10H,6-9H2,1H3,(H,17,18,19). The summed E-state index contributed by atoms with van der Waals surface area (Å²) >= 11 is 0. The van der Waals surface area contributed by atoms with E-state index < -0.39 is 5.82 Å². The highest BCUT2D eigenvalue weighted by Crippen LogP contribution is 2.26. The van der Waals surface area contributed by atoms with Gasteiger partial charge >= 0.3 is 0 Å². The Kier molecular flexibility index (Phi) is 4.34. The molecule has 1 aromatic heterocycles. The fourth-order valence-corrected chi connectivity index (χ4v) is 2.28. The Bertz CT molecular complexity index is 647. The topological polar surface area (TPSA) is 59.5 Å². The summed E-state index contributed by atoms with van der Waals surface area (Å²) < 4.78 is 24.5. The van der Waals surface area contributed by atoms with Gasteiger partial charge in [0.25, 0.3) is 0 Å². The summed E-state index contributed by atoms with van der Waals surface area (Å²) in [6, 6.07) is 7.42. The molecule has 0 spiro atoms. The Morgan fingerprint density at radius 2 is 2.05 bits per heavy atom. The normalized spacial score (nSPS) is 14.7. The molecule has 2 heterocycles. The van der Waals surface area contributed by atoms with Gasteiger partial charge in [-0.05, 0) is 12.1 Å². The van der Waals surface area contributed by atoms with Crippen LogP contribution in [0.3, 0.4) is 0 Å². The number of aromatic nitrogens is 2. The molecule has 6 nitrogen and oxygen atoms in total. The van der Waals surface area contributed by atoms with Crippen molar-refractivity contribution in [2.45, 2.75) is 0 Å². The highest BCUT2D eigenvalue weighted by Gasteiger charge is 2.18. The molecule has 3 rings (SSSR count). The van der Waals surface area contributed by atoms with E-state index in [4.69, 9.17) is 9.47 Å². The van der Waals surface area contributed by atoms with Gasteiger partial charge in [0.2, 0.25) is 5.95 Å². The van der Waals surface area contributed by atoms with Crippen molar-refractivity contribution in [1.29, 1.82) is 0 Å². The maximum Gasteiger partial charge on any atom is 0.229 e. The van der Waals surface area contributed by atoms with Gasteiger partial charge in [0.1, 0.15) is 5.75 Å². The average Bonchev–Trinajstić information content (AvgIpc) is 2.58. The van der Waals surface area contributed by atoms with Crippen molar-refractivity contribution in [3.63, 3.8) is 0 Å². The van der Waals surface area contributed by atoms with Crippen LogP contribution in [0.1, 0.15) is 0 Å². The lowest BCUT2D eigenvalue weighted by molar-refractivity contribution is 0.122. The molecule has 1 N–H and O–H groups in total. The van der Waals surface area contributed by atoms with Gasteiger partial charge in [-0.1, -0.05) is 12.1 Å². The van der Waals surface area contributed by atoms with Gasteiger partial charge in [-0.2, -0.15) is 4.98 Å². The molecule has 0 saturated carbocycles. The summed E-state index contributed by atoms with van der Waals surface area (Å²) in [5, 5.41) is 3.06. The molecule has 0 radical (unpaired) electrons. The van der Waals surface area contributed by atoms with E-state index in [9.17, 15) is 4.39 Å². The molecule has 0 atom stereocenters. The molecule has 2 aromatic rings. The molecule has 1 aliphatic heterocycles. The Labute approximate surface area is 127 Å². The number of halogens is 1. The van der Waals surface area contributed by atoms with Crippen molar-refractivity contribution in [3.05, 3.63) is 36.3 Å². The van der Waals surface area contributed by atoms with Crippen LogP contribution in [0.4, 0.5) is 21.8 Å². The molecule has 1 aromatic carbocycles. The third-order valence-corrected chi connectivity index (χ3v) is 3.39. The van der Waals surface area contributed by atoms with Crippen LogP contribution in [0, 0.1) is 5.82 Å². The lowest BCUT2D eigenvalue weighted by Gasteiger charge is -2.28. The molecule has 0 aliphatic carbocycles. The van der Waals surface area contributed by atoms with Gasteiger partial charge < -0.3 is 19.7 Å². The first-order valence-corrected chi connectivity index (χ1v) is 7.03. The number of hydrogen-bond donors (Lipinski definition) is 1. The van der Waals surface area contributed by atoms with E-state index in [0.717, 1.165) is 5.69 Å². The number of ether oxygens (including phenoxy) is 2. The lowest BCUT2D eigenvalue weighted by atomic mass is 10.3. The van der Waals surface area contributed by atoms with Gasteiger partial charge in [0.15, 0.2) is 11.6 Å². The molecule has 1 fully saturated rings. The van der Waals surface area contributed by atoms with Gasteiger partial charge in [0.05, 0.1) is 32.2 Å². The zero-order valence-corrected chi connectivity index (χ0v) is 12.3. The molecular weight excluding hydrogens is 287 g/mol. The molecule has 1 aliphatic rings. The highest BCUT2D eigenvalue weighted by molar-refractivity contribution is 5.63. The third kappa shape index (κ3) is 3.09. The van der Waals surface area contributed by atoms with Crippen LogP contribution in [-0.2, 0) is 4.74 Å². The van der Waals surface area contributed by atoms with Crippen molar-refractivity contribution in [1.82, 2.24) is 9.97 Å². The first kappa shape index (κ1) is 14.5. The van der Waals surface area contributed by atoms with Gasteiger partial charge in [-0.3, -0.25) is 0 Å². The predicted molar refractivity (Wildman–Crippen MR) is 81.3 cm³/mol. The fourth-order valence-electron chi connectivity index (χ4n) is 2.28. The monoisotopic (exact) mass is 304 g/mol. The Hall–Kier alpha value is -2.41. The largest absolute Gasteiger partial charge is 0.495 e. The van der Waals surface area contributed by atoms with Crippen LogP contribution in [0.15, 0.2) is 30.5 Å². The van der Waals surface area contributed by atoms with Crippen molar-refractivity contribution in [2.24, 2.45) is 0 Å². The second-order valence-electron chi connectivity index (χ2n) is 4.79. The van der Waals surface area contributed by atoms with Crippen LogP contribution in [0.25, 0.3) is 0 Å². The average molecular weight is 304 g/mol. The van der Waals surface area contributed by atoms with E-state index in [2.05, 4.69) is 15.3 Å². The smallest absolute Gasteiger partial charge is 0.229 e. The SMILES string of the molecule is COc1ccccc1Nc1ncc(F)c(N2CCOCC2)n1. The number of nitrogens with one attached hydrogen (secondary N) is 1. The molecular formula is C15H17FN4O2. The second kappa shape index (κ2) is 6.57. The van der Waals surface area contributed by atoms with E-state index in [1.807, 2.05) is 29.2 Å².